The van der Waals surface area contributed by atoms with Gasteiger partial charge < -0.3 is 14.6 Å². The molecule has 3 aromatic rings. The van der Waals surface area contributed by atoms with Gasteiger partial charge in [0.05, 0.1) is 0 Å². The Hall–Kier alpha value is -3.48. The summed E-state index contributed by atoms with van der Waals surface area (Å²) in [7, 11) is 0. The minimum Gasteiger partial charge on any atom is -0.443 e. The highest BCUT2D eigenvalue weighted by molar-refractivity contribution is 5.97. The molecule has 7 nitrogen and oxygen atoms in total. The van der Waals surface area contributed by atoms with Crippen molar-refractivity contribution in [2.24, 2.45) is 5.41 Å². The van der Waals surface area contributed by atoms with Crippen LogP contribution in [-0.4, -0.2) is 45.8 Å². The number of carbonyl (C=O) groups excluding carboxylic acids is 2. The molecule has 1 aliphatic heterocycles. The van der Waals surface area contributed by atoms with Crippen LogP contribution in [0.4, 0.5) is 0 Å². The molecule has 1 saturated carbocycles. The summed E-state index contributed by atoms with van der Waals surface area (Å²) in [6.45, 7) is 3.31. The molecule has 31 heavy (non-hydrogen) atoms. The van der Waals surface area contributed by atoms with Gasteiger partial charge in [-0.25, -0.2) is 4.98 Å². The Morgan fingerprint density at radius 3 is 2.68 bits per heavy atom. The monoisotopic (exact) mass is 416 g/mol. The second kappa shape index (κ2) is 7.65. The lowest BCUT2D eigenvalue weighted by Gasteiger charge is -2.32. The number of aromatic nitrogens is 2. The van der Waals surface area contributed by atoms with Crippen LogP contribution < -0.4 is 5.32 Å². The number of hydrogen-bond donors (Lipinski definition) is 1. The van der Waals surface area contributed by atoms with Gasteiger partial charge >= 0.3 is 0 Å². The predicted molar refractivity (Wildman–Crippen MR) is 114 cm³/mol. The Kier molecular flexibility index (Phi) is 4.81. The largest absolute Gasteiger partial charge is 0.443 e. The first kappa shape index (κ1) is 19.5. The van der Waals surface area contributed by atoms with Crippen molar-refractivity contribution in [3.63, 3.8) is 0 Å². The van der Waals surface area contributed by atoms with Crippen molar-refractivity contribution in [1.82, 2.24) is 20.2 Å². The van der Waals surface area contributed by atoms with Crippen LogP contribution in [-0.2, 0) is 0 Å². The van der Waals surface area contributed by atoms with Crippen LogP contribution in [0.5, 0.6) is 0 Å². The summed E-state index contributed by atoms with van der Waals surface area (Å²) in [6, 6.07) is 11.5. The summed E-state index contributed by atoms with van der Waals surface area (Å²) in [5.74, 6) is 0.356. The zero-order chi connectivity index (χ0) is 21.4. The van der Waals surface area contributed by atoms with Crippen molar-refractivity contribution in [2.75, 3.05) is 13.1 Å². The molecule has 2 fully saturated rings. The number of piperidine rings is 1. The van der Waals surface area contributed by atoms with Crippen LogP contribution in [0.3, 0.4) is 0 Å². The second-order valence-corrected chi connectivity index (χ2v) is 8.52. The third-order valence-electron chi connectivity index (χ3n) is 6.53. The average molecular weight is 416 g/mol. The third kappa shape index (κ3) is 3.71. The standard InChI is InChI=1S/C24H24N4O3/c1-16-3-2-4-18(13-16)21-20(26-15-31-21)23(30)28-11-7-24(8-12-28)14-19(24)27-22(29)17-5-9-25-10-6-17/h2-6,9-10,13,15,19H,7-8,11-12,14H2,1H3,(H,27,29). The highest BCUT2D eigenvalue weighted by Gasteiger charge is 2.56. The summed E-state index contributed by atoms with van der Waals surface area (Å²) >= 11 is 0. The molecule has 2 aliphatic rings. The van der Waals surface area contributed by atoms with Crippen molar-refractivity contribution in [3.05, 3.63) is 72.0 Å². The first-order valence-electron chi connectivity index (χ1n) is 10.6. The Labute approximate surface area is 180 Å². The number of pyridine rings is 1. The van der Waals surface area contributed by atoms with Crippen molar-refractivity contribution in [2.45, 2.75) is 32.2 Å². The quantitative estimate of drug-likeness (QED) is 0.704. The lowest BCUT2D eigenvalue weighted by molar-refractivity contribution is 0.0663. The molecule has 5 rings (SSSR count). The number of nitrogens with one attached hydrogen (secondary N) is 1. The molecule has 1 aromatic carbocycles. The molecular formula is C24H24N4O3. The van der Waals surface area contributed by atoms with E-state index in [1.807, 2.05) is 36.1 Å². The minimum absolute atomic E-state index is 0.0619. The second-order valence-electron chi connectivity index (χ2n) is 8.52. The van der Waals surface area contributed by atoms with E-state index < -0.39 is 0 Å². The topological polar surface area (TPSA) is 88.3 Å². The van der Waals surface area contributed by atoms with E-state index in [9.17, 15) is 9.59 Å². The van der Waals surface area contributed by atoms with Gasteiger partial charge in [-0.2, -0.15) is 0 Å². The molecule has 1 atom stereocenters. The van der Waals surface area contributed by atoms with E-state index in [1.54, 1.807) is 24.5 Å². The van der Waals surface area contributed by atoms with Gasteiger partial charge in [-0.3, -0.25) is 14.6 Å². The molecular weight excluding hydrogens is 392 g/mol. The molecule has 1 unspecified atom stereocenters. The molecule has 158 valence electrons. The minimum atomic E-state index is -0.0990. The number of amides is 2. The lowest BCUT2D eigenvalue weighted by Crippen LogP contribution is -2.42. The Balaban J connectivity index is 1.22. The molecule has 0 bridgehead atoms. The fourth-order valence-corrected chi connectivity index (χ4v) is 4.54. The molecule has 3 heterocycles. The van der Waals surface area contributed by atoms with Gasteiger partial charge in [-0.05, 0) is 49.8 Å². The van der Waals surface area contributed by atoms with Crippen LogP contribution >= 0.6 is 0 Å². The Morgan fingerprint density at radius 2 is 1.94 bits per heavy atom. The molecule has 1 spiro atoms. The zero-order valence-electron chi connectivity index (χ0n) is 17.4. The van der Waals surface area contributed by atoms with Gasteiger partial charge in [0.1, 0.15) is 0 Å². The summed E-state index contributed by atoms with van der Waals surface area (Å²) < 4.78 is 5.56. The molecule has 1 N–H and O–H groups in total. The van der Waals surface area contributed by atoms with Crippen LogP contribution in [0.15, 0.2) is 59.6 Å². The molecule has 2 aromatic heterocycles. The van der Waals surface area contributed by atoms with Gasteiger partial charge in [0.25, 0.3) is 11.8 Å². The van der Waals surface area contributed by atoms with Crippen molar-refractivity contribution >= 4 is 11.8 Å². The number of likely N-dealkylation sites (tertiary alicyclic amines) is 1. The summed E-state index contributed by atoms with van der Waals surface area (Å²) in [4.78, 5) is 35.6. The SMILES string of the molecule is Cc1cccc(-c2ocnc2C(=O)N2CCC3(CC2)CC3NC(=O)c2ccncc2)c1. The zero-order valence-corrected chi connectivity index (χ0v) is 17.4. The van der Waals surface area contributed by atoms with E-state index in [0.717, 1.165) is 30.4 Å². The fourth-order valence-electron chi connectivity index (χ4n) is 4.54. The average Bonchev–Trinajstić information content (AvgIpc) is 3.22. The maximum atomic E-state index is 13.1. The third-order valence-corrected chi connectivity index (χ3v) is 6.53. The highest BCUT2D eigenvalue weighted by atomic mass is 16.3. The van der Waals surface area contributed by atoms with Gasteiger partial charge in [-0.1, -0.05) is 23.8 Å². The van der Waals surface area contributed by atoms with Crippen LogP contribution in [0, 0.1) is 12.3 Å². The van der Waals surface area contributed by atoms with Crippen LogP contribution in [0.2, 0.25) is 0 Å². The van der Waals surface area contributed by atoms with Crippen LogP contribution in [0.1, 0.15) is 45.7 Å². The smallest absolute Gasteiger partial charge is 0.276 e. The highest BCUT2D eigenvalue weighted by Crippen LogP contribution is 2.54. The number of benzene rings is 1. The van der Waals surface area contributed by atoms with E-state index in [-0.39, 0.29) is 23.3 Å². The maximum absolute atomic E-state index is 13.1. The molecule has 2 amide bonds. The van der Waals surface area contributed by atoms with Crippen molar-refractivity contribution in [1.29, 1.82) is 0 Å². The number of rotatable bonds is 4. The van der Waals surface area contributed by atoms with Crippen molar-refractivity contribution < 1.29 is 14.0 Å². The van der Waals surface area contributed by atoms with E-state index >= 15 is 0 Å². The predicted octanol–water partition coefficient (Wildman–Crippen LogP) is 3.47. The normalized spacial score (nSPS) is 19.3. The summed E-state index contributed by atoms with van der Waals surface area (Å²) in [6.07, 6.45) is 7.29. The summed E-state index contributed by atoms with van der Waals surface area (Å²) in [5, 5.41) is 3.14. The first-order chi connectivity index (χ1) is 15.1. The van der Waals surface area contributed by atoms with E-state index in [0.29, 0.717) is 30.1 Å². The molecule has 7 heteroatoms. The van der Waals surface area contributed by atoms with Gasteiger partial charge in [-0.15, -0.1) is 0 Å². The van der Waals surface area contributed by atoms with Gasteiger partial charge in [0, 0.05) is 42.7 Å². The van der Waals surface area contributed by atoms with Crippen LogP contribution in [0.25, 0.3) is 11.3 Å². The number of nitrogens with zero attached hydrogens (tertiary/aromatic N) is 3. The van der Waals surface area contributed by atoms with Gasteiger partial charge in [0.2, 0.25) is 0 Å². The van der Waals surface area contributed by atoms with E-state index in [2.05, 4.69) is 15.3 Å². The van der Waals surface area contributed by atoms with Gasteiger partial charge in [0.15, 0.2) is 17.8 Å². The van der Waals surface area contributed by atoms with E-state index in [4.69, 9.17) is 4.42 Å². The fraction of sp³-hybridized carbons (Fsp3) is 0.333. The molecule has 1 saturated heterocycles. The molecule has 1 aliphatic carbocycles. The number of carbonyl (C=O) groups is 2. The maximum Gasteiger partial charge on any atom is 0.276 e. The Bertz CT molecular complexity index is 1120. The summed E-state index contributed by atoms with van der Waals surface area (Å²) in [5.41, 5.74) is 3.04. The van der Waals surface area contributed by atoms with Crippen molar-refractivity contribution in [3.8, 4) is 11.3 Å². The molecule has 0 radical (unpaired) electrons. The number of hydrogen-bond acceptors (Lipinski definition) is 5. The number of aryl methyl sites for hydroxylation is 1. The Morgan fingerprint density at radius 1 is 1.16 bits per heavy atom. The van der Waals surface area contributed by atoms with E-state index in [1.165, 1.54) is 6.39 Å². The lowest BCUT2D eigenvalue weighted by atomic mass is 9.92. The number of oxazole rings is 1. The first-order valence-corrected chi connectivity index (χ1v) is 10.6.